The molecule has 2 atom stereocenters. The Morgan fingerprint density at radius 3 is 0.769 bits per heavy atom. The number of hydrogen-bond acceptors (Lipinski definition) is 6. The van der Waals surface area contributed by atoms with Crippen LogP contribution in [0.3, 0.4) is 0 Å². The summed E-state index contributed by atoms with van der Waals surface area (Å²) in [4.78, 5) is 4.97. The maximum Gasteiger partial charge on any atom is 0.159 e. The highest BCUT2D eigenvalue weighted by Gasteiger charge is 2.71. The minimum absolute atomic E-state index is 0.611. The van der Waals surface area contributed by atoms with E-state index in [9.17, 15) is 0 Å². The Labute approximate surface area is 599 Å². The van der Waals surface area contributed by atoms with Crippen molar-refractivity contribution in [2.24, 2.45) is 10.8 Å². The summed E-state index contributed by atoms with van der Waals surface area (Å²) in [6, 6.07) is 112. The molecular formula is C98H68N2O4. The largest absolute Gasteiger partial charge is 0.454 e. The molecule has 4 heterocycles. The summed E-state index contributed by atoms with van der Waals surface area (Å²) in [6.07, 6.45) is 0. The van der Waals surface area contributed by atoms with E-state index in [1.54, 1.807) is 0 Å². The number of para-hydroxylation sites is 8. The highest BCUT2D eigenvalue weighted by molar-refractivity contribution is 6.23. The quantitative estimate of drug-likeness (QED) is 0.158. The second kappa shape index (κ2) is 21.0. The fourth-order valence-electron chi connectivity index (χ4n) is 20.2. The van der Waals surface area contributed by atoms with Crippen molar-refractivity contribution in [1.82, 2.24) is 0 Å². The number of fused-ring (bicyclic) bond motifs is 26. The van der Waals surface area contributed by atoms with Gasteiger partial charge in [-0.2, -0.15) is 0 Å². The van der Waals surface area contributed by atoms with Gasteiger partial charge in [-0.15, -0.1) is 0 Å². The molecule has 104 heavy (non-hydrogen) atoms. The van der Waals surface area contributed by atoms with Gasteiger partial charge in [0.1, 0.15) is 22.3 Å². The fourth-order valence-corrected chi connectivity index (χ4v) is 20.2. The second-order valence-corrected chi connectivity index (χ2v) is 30.8. The minimum atomic E-state index is -0.946. The maximum absolute atomic E-state index is 7.25. The van der Waals surface area contributed by atoms with Crippen molar-refractivity contribution in [2.45, 2.75) is 52.4 Å². The van der Waals surface area contributed by atoms with Crippen LogP contribution in [-0.4, -0.2) is 0 Å². The lowest BCUT2D eigenvalue weighted by molar-refractivity contribution is 0.0596. The van der Waals surface area contributed by atoms with Gasteiger partial charge in [-0.3, -0.25) is 0 Å². The molecule has 2 aliphatic carbocycles. The van der Waals surface area contributed by atoms with Gasteiger partial charge < -0.3 is 27.5 Å². The van der Waals surface area contributed by atoms with Crippen LogP contribution in [0.5, 0.6) is 0 Å². The van der Waals surface area contributed by atoms with Crippen molar-refractivity contribution in [3.63, 3.8) is 0 Å². The number of rotatable bonds is 7. The molecule has 0 N–H and O–H groups in total. The summed E-state index contributed by atoms with van der Waals surface area (Å²) < 4.78 is 29.0. The Kier molecular flexibility index (Phi) is 11.9. The predicted octanol–water partition coefficient (Wildman–Crippen LogP) is 28.2. The van der Waals surface area contributed by atoms with Crippen LogP contribution in [0.15, 0.2) is 321 Å². The molecule has 22 rings (SSSR count). The summed E-state index contributed by atoms with van der Waals surface area (Å²) in [5.74, 6) is 0. The molecule has 2 aliphatic rings. The summed E-state index contributed by atoms with van der Waals surface area (Å²) in [6.45, 7) is 15.3. The SMILES string of the molecule is CC(C)(C)C1(C2(C(C)(C)C)c3ccc4ccccc4c3-c3c2cc(N(c2cccc4c2oc2ccccc24)c2cccc4c2oc2ccccc24)c2ccccc32)c2ccc3ccccc3c2-c2c1cc(N(c1cccc3c1oc1ccccc13)c1cccc3c1oc1ccccc13)c1ccccc21. The number of benzene rings is 16. The van der Waals surface area contributed by atoms with Crippen LogP contribution in [0.2, 0.25) is 0 Å². The zero-order valence-corrected chi connectivity index (χ0v) is 58.4. The summed E-state index contributed by atoms with van der Waals surface area (Å²) >= 11 is 0. The van der Waals surface area contributed by atoms with Gasteiger partial charge in [0, 0.05) is 64.7 Å². The van der Waals surface area contributed by atoms with Crippen LogP contribution >= 0.6 is 0 Å². The van der Waals surface area contributed by atoms with Gasteiger partial charge >= 0.3 is 0 Å². The highest BCUT2D eigenvalue weighted by Crippen LogP contribution is 2.77. The van der Waals surface area contributed by atoms with Crippen LogP contribution in [0.4, 0.5) is 34.1 Å². The number of furan rings is 4. The lowest BCUT2D eigenvalue weighted by Crippen LogP contribution is -2.62. The molecule has 0 saturated heterocycles. The topological polar surface area (TPSA) is 59.0 Å². The van der Waals surface area contributed by atoms with E-state index in [1.165, 1.54) is 66.1 Å². The molecule has 4 aromatic heterocycles. The van der Waals surface area contributed by atoms with Gasteiger partial charge in [0.2, 0.25) is 0 Å². The molecule has 20 aromatic rings. The first-order valence-corrected chi connectivity index (χ1v) is 36.3. The summed E-state index contributed by atoms with van der Waals surface area (Å²) in [7, 11) is 0. The smallest absolute Gasteiger partial charge is 0.159 e. The zero-order chi connectivity index (χ0) is 69.3. The molecule has 0 spiro atoms. The first-order valence-electron chi connectivity index (χ1n) is 36.3. The summed E-state index contributed by atoms with van der Waals surface area (Å²) in [5.41, 5.74) is 19.1. The molecule has 494 valence electrons. The van der Waals surface area contributed by atoms with Crippen molar-refractivity contribution < 1.29 is 17.7 Å². The lowest BCUT2D eigenvalue weighted by Gasteiger charge is -2.62. The third-order valence-corrected chi connectivity index (χ3v) is 23.8. The molecule has 16 aromatic carbocycles. The Morgan fingerprint density at radius 2 is 0.462 bits per heavy atom. The maximum atomic E-state index is 7.25. The van der Waals surface area contributed by atoms with Crippen molar-refractivity contribution in [3.05, 3.63) is 326 Å². The Hall–Kier alpha value is -12.6. The Morgan fingerprint density at radius 1 is 0.212 bits per heavy atom. The first-order chi connectivity index (χ1) is 50.9. The fraction of sp³-hybridized carbons (Fsp3) is 0.102. The second-order valence-electron chi connectivity index (χ2n) is 30.8. The lowest BCUT2D eigenvalue weighted by atomic mass is 9.39. The van der Waals surface area contributed by atoms with E-state index in [4.69, 9.17) is 17.7 Å². The van der Waals surface area contributed by atoms with Gasteiger partial charge in [0.25, 0.3) is 0 Å². The molecule has 6 heteroatoms. The standard InChI is InChI=1S/C98H68N2O4/c1-95(2,3)97(73-53-51-57-27-7-9-29-59(57)87(73)89-67-37-13-11-31-61(67)81(55-75(89)97)99(77-43-23-39-69-63-33-15-19-47-83(63)101-91(69)77)78-44-24-40-70-64-34-16-20-48-84(64)102-92(70)78)98(96(4,5)6)74-54-52-58-28-8-10-30-60(58)88(74)90-68-38-14-12-32-62(68)82(56-76(90)98)100(79-45-25-41-71-65-35-17-21-49-85(65)103-93(71)79)80-46-26-42-72-66-36-18-22-50-86(66)104-94(72)80/h7-56H,1-6H3. The van der Waals surface area contributed by atoms with Gasteiger partial charge in [0.15, 0.2) is 22.3 Å². The predicted molar refractivity (Wildman–Crippen MR) is 433 cm³/mol. The van der Waals surface area contributed by atoms with E-state index >= 15 is 0 Å². The van der Waals surface area contributed by atoms with E-state index in [0.717, 1.165) is 143 Å². The average molecular weight is 1340 g/mol. The minimum Gasteiger partial charge on any atom is -0.454 e. The molecule has 0 aliphatic heterocycles. The summed E-state index contributed by atoms with van der Waals surface area (Å²) in [5, 5.41) is 17.7. The molecule has 0 fully saturated rings. The van der Waals surface area contributed by atoms with E-state index in [-0.39, 0.29) is 0 Å². The number of hydrogen-bond donors (Lipinski definition) is 0. The molecule has 0 radical (unpaired) electrons. The first kappa shape index (κ1) is 59.1. The molecule has 0 saturated carbocycles. The van der Waals surface area contributed by atoms with Gasteiger partial charge in [0.05, 0.1) is 34.1 Å². The van der Waals surface area contributed by atoms with Crippen LogP contribution in [-0.2, 0) is 10.8 Å². The van der Waals surface area contributed by atoms with Gasteiger partial charge in [-0.05, 0) is 148 Å². The third kappa shape index (κ3) is 7.53. The van der Waals surface area contributed by atoms with Crippen LogP contribution in [0, 0.1) is 10.8 Å². The Bertz CT molecular complexity index is 6470. The van der Waals surface area contributed by atoms with Crippen molar-refractivity contribution in [2.75, 3.05) is 9.80 Å². The van der Waals surface area contributed by atoms with Crippen molar-refractivity contribution in [3.8, 4) is 22.3 Å². The monoisotopic (exact) mass is 1340 g/mol. The molecule has 6 nitrogen and oxygen atoms in total. The van der Waals surface area contributed by atoms with E-state index < -0.39 is 21.7 Å². The Balaban J connectivity index is 0.944. The van der Waals surface area contributed by atoms with E-state index in [1.807, 2.05) is 0 Å². The van der Waals surface area contributed by atoms with Gasteiger partial charge in [-0.25, -0.2) is 0 Å². The molecule has 0 amide bonds. The van der Waals surface area contributed by atoms with Crippen LogP contribution in [0.25, 0.3) is 153 Å². The normalized spacial score (nSPS) is 15.9. The number of anilines is 6. The highest BCUT2D eigenvalue weighted by atomic mass is 16.3. The number of nitrogens with zero attached hydrogens (tertiary/aromatic N) is 2. The van der Waals surface area contributed by atoms with E-state index in [0.29, 0.717) is 0 Å². The van der Waals surface area contributed by atoms with Crippen molar-refractivity contribution >= 4 is 165 Å². The average Bonchev–Trinajstić information content (AvgIpc) is 1.45. The molecule has 2 unspecified atom stereocenters. The van der Waals surface area contributed by atoms with E-state index in [2.05, 4.69) is 355 Å². The van der Waals surface area contributed by atoms with Gasteiger partial charge in [-0.1, -0.05) is 284 Å². The molecule has 0 bridgehead atoms. The third-order valence-electron chi connectivity index (χ3n) is 23.8. The zero-order valence-electron chi connectivity index (χ0n) is 58.4. The van der Waals surface area contributed by atoms with Crippen LogP contribution < -0.4 is 9.80 Å². The van der Waals surface area contributed by atoms with Crippen LogP contribution in [0.1, 0.15) is 63.8 Å². The van der Waals surface area contributed by atoms with Crippen molar-refractivity contribution in [1.29, 1.82) is 0 Å². The molecular weight excluding hydrogens is 1270 g/mol.